The molecule has 0 unspecified atom stereocenters. The van der Waals surface area contributed by atoms with Gasteiger partial charge in [0.15, 0.2) is 5.60 Å². The van der Waals surface area contributed by atoms with Crippen molar-refractivity contribution in [2.24, 2.45) is 7.05 Å². The first-order valence-corrected chi connectivity index (χ1v) is 12.1. The molecule has 1 fully saturated rings. The van der Waals surface area contributed by atoms with Crippen molar-refractivity contribution in [3.63, 3.8) is 0 Å². The van der Waals surface area contributed by atoms with Crippen molar-refractivity contribution in [3.8, 4) is 22.8 Å². The lowest BCUT2D eigenvalue weighted by Gasteiger charge is -2.19. The number of benzene rings is 3. The van der Waals surface area contributed by atoms with Gasteiger partial charge in [-0.05, 0) is 73.4 Å². The van der Waals surface area contributed by atoms with Crippen LogP contribution in [0.1, 0.15) is 37.0 Å². The monoisotopic (exact) mass is 483 g/mol. The van der Waals surface area contributed by atoms with E-state index in [4.69, 9.17) is 14.6 Å². The minimum atomic E-state index is -1.23. The number of fused-ring (bicyclic) bond motifs is 1. The first-order chi connectivity index (χ1) is 17.3. The van der Waals surface area contributed by atoms with E-state index in [0.717, 1.165) is 51.9 Å². The number of carbonyl (C=O) groups is 2. The molecule has 2 heterocycles. The molecule has 7 nitrogen and oxygen atoms in total. The number of aromatic nitrogens is 2. The predicted octanol–water partition coefficient (Wildman–Crippen LogP) is 5.86. The van der Waals surface area contributed by atoms with Crippen molar-refractivity contribution in [1.82, 2.24) is 15.1 Å². The van der Waals surface area contributed by atoms with Gasteiger partial charge in [-0.25, -0.2) is 4.79 Å². The third-order valence-electron chi connectivity index (χ3n) is 6.54. The molecule has 5 rings (SSSR count). The number of rotatable bonds is 7. The van der Waals surface area contributed by atoms with E-state index in [1.165, 1.54) is 5.56 Å². The second-order valence-electron chi connectivity index (χ2n) is 9.57. The molecular formula is C29H29N3O4. The molecule has 1 aliphatic rings. The maximum absolute atomic E-state index is 12.2. The number of hydrogen-bond donors (Lipinski definition) is 1. The topological polar surface area (TPSA) is 82.4 Å². The van der Waals surface area contributed by atoms with Crippen LogP contribution in [0.2, 0.25) is 0 Å². The maximum Gasteiger partial charge on any atom is 0.415 e. The molecular weight excluding hydrogens is 454 g/mol. The second-order valence-corrected chi connectivity index (χ2v) is 9.57. The van der Waals surface area contributed by atoms with E-state index in [9.17, 15) is 9.59 Å². The fraction of sp³-hybridized carbons (Fsp3) is 0.276. The van der Waals surface area contributed by atoms with E-state index < -0.39 is 17.6 Å². The Morgan fingerprint density at radius 1 is 1.08 bits per heavy atom. The summed E-state index contributed by atoms with van der Waals surface area (Å²) in [6.45, 7) is 5.84. The number of cyclic esters (lactones) is 1. The Labute approximate surface area is 210 Å². The van der Waals surface area contributed by atoms with Crippen LogP contribution in [0.5, 0.6) is 11.5 Å². The van der Waals surface area contributed by atoms with E-state index in [1.54, 1.807) is 6.92 Å². The van der Waals surface area contributed by atoms with Crippen LogP contribution >= 0.6 is 0 Å². The van der Waals surface area contributed by atoms with E-state index in [2.05, 4.69) is 43.4 Å². The molecule has 0 spiro atoms. The molecule has 0 saturated carbocycles. The van der Waals surface area contributed by atoms with Gasteiger partial charge >= 0.3 is 6.09 Å². The SMILES string of the molecule is CCCc1cc(-c2nn(C)c3cc(C)ccc23)ccc1Oc1cccc(C[C@@]2(C)OC(=O)NC2=O)c1. The van der Waals surface area contributed by atoms with Crippen LogP contribution in [0.4, 0.5) is 4.79 Å². The molecule has 7 heteroatoms. The first-order valence-electron chi connectivity index (χ1n) is 12.1. The third-order valence-corrected chi connectivity index (χ3v) is 6.54. The number of nitrogens with one attached hydrogen (secondary N) is 1. The molecule has 1 aliphatic heterocycles. The number of carbonyl (C=O) groups excluding carboxylic acids is 2. The highest BCUT2D eigenvalue weighted by Crippen LogP contribution is 2.34. The normalized spacial score (nSPS) is 17.3. The molecule has 184 valence electrons. The third kappa shape index (κ3) is 4.44. The molecule has 1 N–H and O–H groups in total. The van der Waals surface area contributed by atoms with Gasteiger partial charge in [0.2, 0.25) is 0 Å². The van der Waals surface area contributed by atoms with Gasteiger partial charge in [-0.1, -0.05) is 37.6 Å². The van der Waals surface area contributed by atoms with Crippen LogP contribution < -0.4 is 10.1 Å². The van der Waals surface area contributed by atoms with E-state index >= 15 is 0 Å². The molecule has 4 aromatic rings. The largest absolute Gasteiger partial charge is 0.457 e. The molecule has 0 bridgehead atoms. The van der Waals surface area contributed by atoms with Crippen molar-refractivity contribution in [2.45, 2.75) is 45.6 Å². The van der Waals surface area contributed by atoms with Gasteiger partial charge < -0.3 is 9.47 Å². The van der Waals surface area contributed by atoms with Crippen molar-refractivity contribution in [3.05, 3.63) is 77.4 Å². The highest BCUT2D eigenvalue weighted by atomic mass is 16.6. The van der Waals surface area contributed by atoms with Gasteiger partial charge in [0.25, 0.3) is 5.91 Å². The summed E-state index contributed by atoms with van der Waals surface area (Å²) in [7, 11) is 1.97. The highest BCUT2D eigenvalue weighted by molar-refractivity contribution is 6.02. The van der Waals surface area contributed by atoms with Crippen LogP contribution in [0.25, 0.3) is 22.2 Å². The smallest absolute Gasteiger partial charge is 0.415 e. The Bertz CT molecular complexity index is 1490. The second kappa shape index (κ2) is 9.15. The lowest BCUT2D eigenvalue weighted by atomic mass is 9.96. The predicted molar refractivity (Wildman–Crippen MR) is 138 cm³/mol. The van der Waals surface area contributed by atoms with Gasteiger partial charge in [-0.3, -0.25) is 14.8 Å². The fourth-order valence-corrected chi connectivity index (χ4v) is 4.72. The minimum absolute atomic E-state index is 0.259. The Kier molecular flexibility index (Phi) is 6.00. The molecule has 0 aliphatic carbocycles. The molecule has 2 amide bonds. The zero-order valence-electron chi connectivity index (χ0n) is 20.9. The van der Waals surface area contributed by atoms with Crippen LogP contribution in [0.3, 0.4) is 0 Å². The van der Waals surface area contributed by atoms with Gasteiger partial charge in [0.1, 0.15) is 17.2 Å². The van der Waals surface area contributed by atoms with Gasteiger partial charge in [-0.15, -0.1) is 0 Å². The summed E-state index contributed by atoms with van der Waals surface area (Å²) in [6.07, 6.45) is 1.38. The summed E-state index contributed by atoms with van der Waals surface area (Å²) >= 11 is 0. The Morgan fingerprint density at radius 3 is 2.67 bits per heavy atom. The summed E-state index contributed by atoms with van der Waals surface area (Å²) in [6, 6.07) is 20.1. The standard InChI is InChI=1S/C29H29N3O4/c1-5-7-20-16-21(26-23-12-10-18(2)14-24(23)32(4)31-26)11-13-25(20)35-22-9-6-8-19(15-22)17-29(3)27(33)30-28(34)36-29/h6,8-16H,5,7,17H2,1-4H3,(H,30,33,34)/t29-/m1/s1. The number of imide groups is 1. The van der Waals surface area contributed by atoms with E-state index in [-0.39, 0.29) is 6.42 Å². The number of aryl methyl sites for hydroxylation is 3. The van der Waals surface area contributed by atoms with Gasteiger partial charge in [0, 0.05) is 24.4 Å². The zero-order valence-corrected chi connectivity index (χ0v) is 20.9. The average Bonchev–Trinajstić information content (AvgIpc) is 3.29. The molecule has 3 aromatic carbocycles. The molecule has 36 heavy (non-hydrogen) atoms. The summed E-state index contributed by atoms with van der Waals surface area (Å²) in [5.41, 5.74) is 5.03. The van der Waals surface area contributed by atoms with Gasteiger partial charge in [0.05, 0.1) is 5.52 Å². The van der Waals surface area contributed by atoms with E-state index in [1.807, 2.05) is 48.1 Å². The zero-order chi connectivity index (χ0) is 25.4. The van der Waals surface area contributed by atoms with Crippen LogP contribution in [0.15, 0.2) is 60.7 Å². The lowest BCUT2D eigenvalue weighted by molar-refractivity contribution is -0.129. The van der Waals surface area contributed by atoms with Gasteiger partial charge in [-0.2, -0.15) is 5.10 Å². The molecule has 1 saturated heterocycles. The van der Waals surface area contributed by atoms with Crippen LogP contribution in [-0.2, 0) is 29.4 Å². The maximum atomic E-state index is 12.2. The Balaban J connectivity index is 1.44. The van der Waals surface area contributed by atoms with Crippen molar-refractivity contribution in [1.29, 1.82) is 0 Å². The van der Waals surface area contributed by atoms with Crippen molar-refractivity contribution in [2.75, 3.05) is 0 Å². The molecule has 1 aromatic heterocycles. The number of ether oxygens (including phenoxy) is 2. The number of amides is 2. The lowest BCUT2D eigenvalue weighted by Crippen LogP contribution is -2.38. The minimum Gasteiger partial charge on any atom is -0.457 e. The fourth-order valence-electron chi connectivity index (χ4n) is 4.72. The van der Waals surface area contributed by atoms with Crippen LogP contribution in [-0.4, -0.2) is 27.4 Å². The first kappa shape index (κ1) is 23.6. The summed E-state index contributed by atoms with van der Waals surface area (Å²) in [5, 5.41) is 8.12. The highest BCUT2D eigenvalue weighted by Gasteiger charge is 2.44. The quantitative estimate of drug-likeness (QED) is 0.356. The van der Waals surface area contributed by atoms with Crippen LogP contribution in [0, 0.1) is 6.92 Å². The summed E-state index contributed by atoms with van der Waals surface area (Å²) in [4.78, 5) is 23.7. The van der Waals surface area contributed by atoms with Crippen molar-refractivity contribution >= 4 is 22.9 Å². The Morgan fingerprint density at radius 2 is 1.92 bits per heavy atom. The molecule has 1 atom stereocenters. The van der Waals surface area contributed by atoms with Crippen molar-refractivity contribution < 1.29 is 19.1 Å². The van der Waals surface area contributed by atoms with E-state index in [0.29, 0.717) is 5.75 Å². The number of nitrogens with zero attached hydrogens (tertiary/aromatic N) is 2. The summed E-state index contributed by atoms with van der Waals surface area (Å²) < 4.78 is 13.5. The Hall–Kier alpha value is -4.13. The average molecular weight is 484 g/mol. The number of alkyl carbamates (subject to hydrolysis) is 1. The molecule has 0 radical (unpaired) electrons. The number of hydrogen-bond acceptors (Lipinski definition) is 5. The summed E-state index contributed by atoms with van der Waals surface area (Å²) in [5.74, 6) is 1.01.